The molecule has 1 aliphatic heterocycles. The number of amides is 2. The summed E-state index contributed by atoms with van der Waals surface area (Å²) in [7, 11) is 0. The van der Waals surface area contributed by atoms with Crippen molar-refractivity contribution in [3.63, 3.8) is 0 Å². The van der Waals surface area contributed by atoms with Crippen molar-refractivity contribution in [3.05, 3.63) is 29.8 Å². The van der Waals surface area contributed by atoms with Crippen LogP contribution in [0.3, 0.4) is 0 Å². The van der Waals surface area contributed by atoms with E-state index in [0.29, 0.717) is 6.54 Å². The Labute approximate surface area is 116 Å². The van der Waals surface area contributed by atoms with E-state index in [4.69, 9.17) is 0 Å². The monoisotopic (exact) mass is 283 g/mol. The highest BCUT2D eigenvalue weighted by atomic mass is 19.1. The highest BCUT2D eigenvalue weighted by Gasteiger charge is 2.13. The number of carbonyl (C=O) groups excluding carboxylic acids is 1. The Morgan fingerprint density at radius 1 is 1.30 bits per heavy atom. The third-order valence-electron chi connectivity index (χ3n) is 3.35. The zero-order valence-electron chi connectivity index (χ0n) is 11.2. The lowest BCUT2D eigenvalue weighted by molar-refractivity contribution is 0.250. The van der Waals surface area contributed by atoms with Gasteiger partial charge in [-0.05, 0) is 31.5 Å². The van der Waals surface area contributed by atoms with Gasteiger partial charge >= 0.3 is 6.03 Å². The normalized spacial score (nSPS) is 19.2. The summed E-state index contributed by atoms with van der Waals surface area (Å²) in [6.07, 6.45) is 4.50. The van der Waals surface area contributed by atoms with Gasteiger partial charge in [-0.3, -0.25) is 0 Å². The summed E-state index contributed by atoms with van der Waals surface area (Å²) >= 11 is 0. The molecule has 0 spiro atoms. The second-order valence-corrected chi connectivity index (χ2v) is 4.96. The molecule has 1 aromatic rings. The van der Waals surface area contributed by atoms with E-state index in [9.17, 15) is 13.6 Å². The van der Waals surface area contributed by atoms with E-state index in [2.05, 4.69) is 16.0 Å². The number of urea groups is 1. The first-order chi connectivity index (χ1) is 9.65. The summed E-state index contributed by atoms with van der Waals surface area (Å²) in [4.78, 5) is 11.7. The zero-order chi connectivity index (χ0) is 14.4. The van der Waals surface area contributed by atoms with Gasteiger partial charge in [0.1, 0.15) is 11.6 Å². The lowest BCUT2D eigenvalue weighted by Gasteiger charge is -2.16. The van der Waals surface area contributed by atoms with Crippen LogP contribution in [0.15, 0.2) is 18.2 Å². The molecule has 0 aromatic heterocycles. The molecule has 3 N–H and O–H groups in total. The Kier molecular flexibility index (Phi) is 5.29. The van der Waals surface area contributed by atoms with Crippen molar-refractivity contribution < 1.29 is 13.6 Å². The van der Waals surface area contributed by atoms with Crippen LogP contribution < -0.4 is 16.0 Å². The molecular formula is C14H19F2N3O. The number of carbonyl (C=O) groups is 1. The Bertz CT molecular complexity index is 460. The van der Waals surface area contributed by atoms with E-state index < -0.39 is 17.7 Å². The minimum absolute atomic E-state index is 0.156. The summed E-state index contributed by atoms with van der Waals surface area (Å²) in [6.45, 7) is 1.43. The summed E-state index contributed by atoms with van der Waals surface area (Å²) in [6, 6.07) is 2.66. The van der Waals surface area contributed by atoms with Crippen molar-refractivity contribution in [2.75, 3.05) is 18.4 Å². The van der Waals surface area contributed by atoms with Gasteiger partial charge in [0.25, 0.3) is 0 Å². The van der Waals surface area contributed by atoms with Crippen molar-refractivity contribution in [2.24, 2.45) is 0 Å². The third-order valence-corrected chi connectivity index (χ3v) is 3.35. The largest absolute Gasteiger partial charge is 0.336 e. The molecule has 1 heterocycles. The van der Waals surface area contributed by atoms with E-state index in [-0.39, 0.29) is 11.7 Å². The fourth-order valence-electron chi connectivity index (χ4n) is 2.25. The van der Waals surface area contributed by atoms with Crippen LogP contribution in [0.25, 0.3) is 0 Å². The molecule has 1 aliphatic rings. The quantitative estimate of drug-likeness (QED) is 0.798. The number of nitrogens with one attached hydrogen (secondary N) is 3. The number of halogens is 2. The van der Waals surface area contributed by atoms with Crippen LogP contribution in [0.2, 0.25) is 0 Å². The Morgan fingerprint density at radius 3 is 3.00 bits per heavy atom. The summed E-state index contributed by atoms with van der Waals surface area (Å²) < 4.78 is 26.3. The first kappa shape index (κ1) is 14.7. The van der Waals surface area contributed by atoms with Gasteiger partial charge in [-0.1, -0.05) is 12.8 Å². The fourth-order valence-corrected chi connectivity index (χ4v) is 2.25. The average molecular weight is 283 g/mol. The van der Waals surface area contributed by atoms with Gasteiger partial charge in [0.2, 0.25) is 0 Å². The van der Waals surface area contributed by atoms with Crippen LogP contribution in [0, 0.1) is 11.6 Å². The van der Waals surface area contributed by atoms with Crippen molar-refractivity contribution in [3.8, 4) is 0 Å². The summed E-state index contributed by atoms with van der Waals surface area (Å²) in [5.41, 5.74) is -0.156. The van der Waals surface area contributed by atoms with Gasteiger partial charge in [0.15, 0.2) is 0 Å². The number of rotatable bonds is 3. The molecule has 1 atom stereocenters. The first-order valence-corrected chi connectivity index (χ1v) is 6.88. The van der Waals surface area contributed by atoms with Gasteiger partial charge in [-0.2, -0.15) is 0 Å². The van der Waals surface area contributed by atoms with E-state index in [1.807, 2.05) is 0 Å². The molecular weight excluding hydrogens is 264 g/mol. The minimum atomic E-state index is -0.658. The van der Waals surface area contributed by atoms with Crippen LogP contribution in [-0.4, -0.2) is 25.2 Å². The van der Waals surface area contributed by atoms with Crippen LogP contribution in [0.4, 0.5) is 19.3 Å². The van der Waals surface area contributed by atoms with Crippen LogP contribution in [0.1, 0.15) is 25.7 Å². The Hall–Kier alpha value is -1.69. The van der Waals surface area contributed by atoms with Gasteiger partial charge < -0.3 is 16.0 Å². The van der Waals surface area contributed by atoms with Gasteiger partial charge in [0, 0.05) is 18.7 Å². The standard InChI is InChI=1S/C14H19F2N3O/c15-10-5-6-12(16)13(8-10)19-14(20)18-9-11-4-2-1-3-7-17-11/h5-6,8,11,17H,1-4,7,9H2,(H2,18,19,20)/t11-/m0/s1. The van der Waals surface area contributed by atoms with E-state index in [0.717, 1.165) is 44.0 Å². The van der Waals surface area contributed by atoms with Crippen molar-refractivity contribution in [1.82, 2.24) is 10.6 Å². The molecule has 0 saturated carbocycles. The summed E-state index contributed by atoms with van der Waals surface area (Å²) in [5.74, 6) is -1.25. The highest BCUT2D eigenvalue weighted by Crippen LogP contribution is 2.15. The molecule has 20 heavy (non-hydrogen) atoms. The van der Waals surface area contributed by atoms with E-state index in [1.54, 1.807) is 0 Å². The van der Waals surface area contributed by atoms with Crippen molar-refractivity contribution >= 4 is 11.7 Å². The van der Waals surface area contributed by atoms with Gasteiger partial charge in [0.05, 0.1) is 5.69 Å². The van der Waals surface area contributed by atoms with Crippen LogP contribution >= 0.6 is 0 Å². The number of hydrogen-bond acceptors (Lipinski definition) is 2. The van der Waals surface area contributed by atoms with Gasteiger partial charge in [-0.15, -0.1) is 0 Å². The van der Waals surface area contributed by atoms with Crippen LogP contribution in [0.5, 0.6) is 0 Å². The second-order valence-electron chi connectivity index (χ2n) is 4.96. The highest BCUT2D eigenvalue weighted by molar-refractivity contribution is 5.89. The third kappa shape index (κ3) is 4.45. The van der Waals surface area contributed by atoms with Crippen molar-refractivity contribution in [1.29, 1.82) is 0 Å². The van der Waals surface area contributed by atoms with Crippen LogP contribution in [-0.2, 0) is 0 Å². The summed E-state index contributed by atoms with van der Waals surface area (Å²) in [5, 5.41) is 8.33. The zero-order valence-corrected chi connectivity index (χ0v) is 11.2. The molecule has 2 rings (SSSR count). The molecule has 0 bridgehead atoms. The fraction of sp³-hybridized carbons (Fsp3) is 0.500. The van der Waals surface area contributed by atoms with Gasteiger partial charge in [-0.25, -0.2) is 13.6 Å². The number of benzene rings is 1. The molecule has 110 valence electrons. The smallest absolute Gasteiger partial charge is 0.319 e. The molecule has 0 unspecified atom stereocenters. The predicted molar refractivity (Wildman–Crippen MR) is 73.6 cm³/mol. The van der Waals surface area contributed by atoms with Crippen molar-refractivity contribution in [2.45, 2.75) is 31.7 Å². The molecule has 2 amide bonds. The Morgan fingerprint density at radius 2 is 2.15 bits per heavy atom. The van der Waals surface area contributed by atoms with E-state index >= 15 is 0 Å². The molecule has 4 nitrogen and oxygen atoms in total. The predicted octanol–water partition coefficient (Wildman–Crippen LogP) is 2.62. The lowest BCUT2D eigenvalue weighted by atomic mass is 10.1. The lowest BCUT2D eigenvalue weighted by Crippen LogP contribution is -2.42. The molecule has 0 aliphatic carbocycles. The second kappa shape index (κ2) is 7.19. The number of hydrogen-bond donors (Lipinski definition) is 3. The van der Waals surface area contributed by atoms with E-state index in [1.165, 1.54) is 6.42 Å². The first-order valence-electron chi connectivity index (χ1n) is 6.88. The maximum Gasteiger partial charge on any atom is 0.319 e. The maximum absolute atomic E-state index is 13.4. The SMILES string of the molecule is O=C(NC[C@@H]1CCCCCN1)Nc1cc(F)ccc1F. The molecule has 0 radical (unpaired) electrons. The molecule has 1 fully saturated rings. The molecule has 1 saturated heterocycles. The average Bonchev–Trinajstić information content (AvgIpc) is 2.69. The maximum atomic E-state index is 13.4. The molecule has 1 aromatic carbocycles. The molecule has 6 heteroatoms. The minimum Gasteiger partial charge on any atom is -0.336 e. The Balaban J connectivity index is 1.81. The topological polar surface area (TPSA) is 53.2 Å². The number of anilines is 1.